The number of hydrogen-bond donors (Lipinski definition) is 0. The van der Waals surface area contributed by atoms with Gasteiger partial charge in [-0.3, -0.25) is 9.59 Å². The summed E-state index contributed by atoms with van der Waals surface area (Å²) >= 11 is 6.05. The molecule has 1 aromatic rings. The van der Waals surface area contributed by atoms with Crippen LogP contribution in [0.3, 0.4) is 0 Å². The first kappa shape index (κ1) is 21.9. The first-order valence-electron chi connectivity index (χ1n) is 7.99. The standard InChI is InChI=1S/C19H23ClFNO4/c1-17(2,3)25-15(23)19(7,16(24)26-18(4,5)6)12-9-8-11(10-22)14(21)13(12)20/h8-9H,1-7H3. The van der Waals surface area contributed by atoms with Gasteiger partial charge < -0.3 is 9.47 Å². The third-order valence-electron chi connectivity index (χ3n) is 3.36. The van der Waals surface area contributed by atoms with Gasteiger partial charge in [-0.05, 0) is 54.5 Å². The van der Waals surface area contributed by atoms with Crippen LogP contribution in [0.4, 0.5) is 4.39 Å². The largest absolute Gasteiger partial charge is 0.459 e. The maximum Gasteiger partial charge on any atom is 0.328 e. The maximum absolute atomic E-state index is 14.3. The Bertz CT molecular complexity index is 741. The van der Waals surface area contributed by atoms with Gasteiger partial charge in [-0.15, -0.1) is 0 Å². The maximum atomic E-state index is 14.3. The molecule has 0 saturated carbocycles. The van der Waals surface area contributed by atoms with Gasteiger partial charge in [0.25, 0.3) is 0 Å². The SMILES string of the molecule is CC(C)(C)OC(=O)C(C)(C(=O)OC(C)(C)C)c1ccc(C#N)c(F)c1Cl. The second-order valence-corrected chi connectivity index (χ2v) is 8.41. The van der Waals surface area contributed by atoms with Gasteiger partial charge in [0.2, 0.25) is 0 Å². The molecule has 0 unspecified atom stereocenters. The lowest BCUT2D eigenvalue weighted by Crippen LogP contribution is -2.48. The van der Waals surface area contributed by atoms with Crippen molar-refractivity contribution in [3.63, 3.8) is 0 Å². The van der Waals surface area contributed by atoms with E-state index >= 15 is 0 Å². The molecular formula is C19H23ClFNO4. The van der Waals surface area contributed by atoms with Crippen LogP contribution in [0.15, 0.2) is 12.1 Å². The molecule has 0 amide bonds. The van der Waals surface area contributed by atoms with Gasteiger partial charge in [0.15, 0.2) is 11.2 Å². The summed E-state index contributed by atoms with van der Waals surface area (Å²) in [6.07, 6.45) is 0. The van der Waals surface area contributed by atoms with E-state index in [4.69, 9.17) is 26.3 Å². The van der Waals surface area contributed by atoms with E-state index in [2.05, 4.69) is 0 Å². The summed E-state index contributed by atoms with van der Waals surface area (Å²) in [6, 6.07) is 4.08. The van der Waals surface area contributed by atoms with E-state index < -0.39 is 39.4 Å². The van der Waals surface area contributed by atoms with E-state index in [0.717, 1.165) is 6.07 Å². The fraction of sp³-hybridized carbons (Fsp3) is 0.526. The number of carbonyl (C=O) groups excluding carboxylic acids is 2. The average Bonchev–Trinajstić information content (AvgIpc) is 2.45. The van der Waals surface area contributed by atoms with Gasteiger partial charge >= 0.3 is 11.9 Å². The Morgan fingerprint density at radius 3 is 1.77 bits per heavy atom. The summed E-state index contributed by atoms with van der Waals surface area (Å²) in [6.45, 7) is 11.1. The zero-order chi connectivity index (χ0) is 20.5. The van der Waals surface area contributed by atoms with Gasteiger partial charge in [0.1, 0.15) is 17.3 Å². The molecule has 1 rings (SSSR count). The number of carbonyl (C=O) groups is 2. The third kappa shape index (κ3) is 4.73. The van der Waals surface area contributed by atoms with Crippen LogP contribution in [0, 0.1) is 17.1 Å². The Kier molecular flexibility index (Phi) is 6.10. The average molecular weight is 384 g/mol. The van der Waals surface area contributed by atoms with Crippen molar-refractivity contribution in [2.75, 3.05) is 0 Å². The summed E-state index contributed by atoms with van der Waals surface area (Å²) in [5.74, 6) is -2.86. The van der Waals surface area contributed by atoms with Crippen LogP contribution in [0.5, 0.6) is 0 Å². The highest BCUT2D eigenvalue weighted by atomic mass is 35.5. The number of esters is 2. The molecule has 1 aromatic carbocycles. The van der Waals surface area contributed by atoms with Crippen LogP contribution in [0.2, 0.25) is 5.02 Å². The summed E-state index contributed by atoms with van der Waals surface area (Å²) < 4.78 is 25.1. The normalized spacial score (nSPS) is 12.3. The molecule has 0 N–H and O–H groups in total. The zero-order valence-electron chi connectivity index (χ0n) is 16.0. The van der Waals surface area contributed by atoms with E-state index in [-0.39, 0.29) is 11.1 Å². The molecule has 7 heteroatoms. The molecule has 26 heavy (non-hydrogen) atoms. The Hall–Kier alpha value is -2.13. The molecule has 0 bridgehead atoms. The van der Waals surface area contributed by atoms with Gasteiger partial charge in [-0.1, -0.05) is 17.7 Å². The minimum Gasteiger partial charge on any atom is -0.459 e. The molecule has 0 spiro atoms. The van der Waals surface area contributed by atoms with Gasteiger partial charge in [0, 0.05) is 5.56 Å². The van der Waals surface area contributed by atoms with Crippen LogP contribution >= 0.6 is 11.6 Å². The van der Waals surface area contributed by atoms with Crippen molar-refractivity contribution in [1.29, 1.82) is 5.26 Å². The van der Waals surface area contributed by atoms with Crippen LogP contribution in [-0.2, 0) is 24.5 Å². The molecule has 0 atom stereocenters. The fourth-order valence-electron chi connectivity index (χ4n) is 2.09. The first-order valence-corrected chi connectivity index (χ1v) is 8.36. The summed E-state index contributed by atoms with van der Waals surface area (Å²) in [7, 11) is 0. The molecule has 0 aliphatic carbocycles. The topological polar surface area (TPSA) is 76.4 Å². The monoisotopic (exact) mass is 383 g/mol. The quantitative estimate of drug-likeness (QED) is 0.574. The van der Waals surface area contributed by atoms with Crippen LogP contribution in [0.1, 0.15) is 59.6 Å². The second-order valence-electron chi connectivity index (χ2n) is 8.03. The molecule has 0 radical (unpaired) electrons. The highest BCUT2D eigenvalue weighted by Crippen LogP contribution is 2.37. The van der Waals surface area contributed by atoms with Crippen LogP contribution < -0.4 is 0 Å². The molecule has 0 aliphatic rings. The number of halogens is 2. The smallest absolute Gasteiger partial charge is 0.328 e. The van der Waals surface area contributed by atoms with Crippen LogP contribution in [-0.4, -0.2) is 23.1 Å². The van der Waals surface area contributed by atoms with E-state index in [1.54, 1.807) is 47.6 Å². The minimum atomic E-state index is -2.01. The summed E-state index contributed by atoms with van der Waals surface area (Å²) in [5.41, 5.74) is -4.21. The number of ether oxygens (including phenoxy) is 2. The van der Waals surface area contributed by atoms with Crippen molar-refractivity contribution in [3.8, 4) is 6.07 Å². The number of nitriles is 1. The second kappa shape index (κ2) is 7.24. The van der Waals surface area contributed by atoms with Crippen molar-refractivity contribution in [2.45, 2.75) is 65.1 Å². The Balaban J connectivity index is 3.61. The number of hydrogen-bond acceptors (Lipinski definition) is 5. The predicted molar refractivity (Wildman–Crippen MR) is 95.2 cm³/mol. The number of nitrogens with zero attached hydrogens (tertiary/aromatic N) is 1. The van der Waals surface area contributed by atoms with Crippen molar-refractivity contribution in [3.05, 3.63) is 34.1 Å². The van der Waals surface area contributed by atoms with E-state index in [1.165, 1.54) is 13.0 Å². The van der Waals surface area contributed by atoms with Crippen molar-refractivity contribution >= 4 is 23.5 Å². The van der Waals surface area contributed by atoms with Crippen molar-refractivity contribution in [1.82, 2.24) is 0 Å². The third-order valence-corrected chi connectivity index (χ3v) is 3.73. The molecule has 0 fully saturated rings. The molecule has 0 heterocycles. The first-order chi connectivity index (χ1) is 11.6. The van der Waals surface area contributed by atoms with E-state index in [9.17, 15) is 14.0 Å². The zero-order valence-corrected chi connectivity index (χ0v) is 16.7. The number of benzene rings is 1. The molecule has 5 nitrogen and oxygen atoms in total. The van der Waals surface area contributed by atoms with Crippen molar-refractivity contribution in [2.24, 2.45) is 0 Å². The Labute approximate surface area is 158 Å². The molecule has 0 aromatic heterocycles. The molecule has 0 aliphatic heterocycles. The van der Waals surface area contributed by atoms with Gasteiger partial charge in [-0.25, -0.2) is 4.39 Å². The highest BCUT2D eigenvalue weighted by Gasteiger charge is 2.50. The predicted octanol–water partition coefficient (Wildman–Crippen LogP) is 4.29. The number of rotatable bonds is 3. The van der Waals surface area contributed by atoms with E-state index in [1.807, 2.05) is 0 Å². The van der Waals surface area contributed by atoms with Crippen molar-refractivity contribution < 1.29 is 23.5 Å². The lowest BCUT2D eigenvalue weighted by atomic mass is 9.81. The van der Waals surface area contributed by atoms with Crippen LogP contribution in [0.25, 0.3) is 0 Å². The van der Waals surface area contributed by atoms with Gasteiger partial charge in [0.05, 0.1) is 10.6 Å². The Morgan fingerprint density at radius 1 is 1.00 bits per heavy atom. The summed E-state index contributed by atoms with van der Waals surface area (Å²) in [5, 5.41) is 8.43. The fourth-order valence-corrected chi connectivity index (χ4v) is 2.44. The highest BCUT2D eigenvalue weighted by molar-refractivity contribution is 6.32. The lowest BCUT2D eigenvalue weighted by Gasteiger charge is -2.33. The minimum absolute atomic E-state index is 0.126. The Morgan fingerprint density at radius 2 is 1.42 bits per heavy atom. The molecule has 142 valence electrons. The molecule has 0 saturated heterocycles. The lowest BCUT2D eigenvalue weighted by molar-refractivity contribution is -0.176. The van der Waals surface area contributed by atoms with Gasteiger partial charge in [-0.2, -0.15) is 5.26 Å². The molecular weight excluding hydrogens is 361 g/mol. The summed E-state index contributed by atoms with van der Waals surface area (Å²) in [4.78, 5) is 25.7. The van der Waals surface area contributed by atoms with E-state index in [0.29, 0.717) is 0 Å².